The Morgan fingerprint density at radius 1 is 1.60 bits per heavy atom. The summed E-state index contributed by atoms with van der Waals surface area (Å²) in [5.41, 5.74) is 6.54. The van der Waals surface area contributed by atoms with Crippen LogP contribution in [-0.4, -0.2) is 31.5 Å². The van der Waals surface area contributed by atoms with Crippen molar-refractivity contribution in [2.45, 2.75) is 6.04 Å². The molecule has 0 saturated heterocycles. The lowest BCUT2D eigenvalue weighted by Crippen LogP contribution is -2.29. The molecule has 0 aliphatic rings. The van der Waals surface area contributed by atoms with Crippen LogP contribution in [0.1, 0.15) is 0 Å². The molecule has 4 nitrogen and oxygen atoms in total. The second-order valence-electron chi connectivity index (χ2n) is 3.21. The number of nitrogen functional groups attached to an aromatic ring is 1. The molecular weight excluding hydrogens is 199 g/mol. The third kappa shape index (κ3) is 3.38. The molecule has 0 fully saturated rings. The molecule has 5 heteroatoms. The van der Waals surface area contributed by atoms with Crippen molar-refractivity contribution >= 4 is 11.4 Å². The van der Waals surface area contributed by atoms with Crippen LogP contribution in [0.2, 0.25) is 0 Å². The van der Waals surface area contributed by atoms with E-state index in [0.717, 1.165) is 0 Å². The zero-order valence-electron chi connectivity index (χ0n) is 8.53. The monoisotopic (exact) mass is 214 g/mol. The third-order valence-corrected chi connectivity index (χ3v) is 1.96. The van der Waals surface area contributed by atoms with Crippen LogP contribution in [0.15, 0.2) is 18.2 Å². The van der Waals surface area contributed by atoms with Crippen LogP contribution in [0.5, 0.6) is 0 Å². The van der Waals surface area contributed by atoms with Gasteiger partial charge in [0.15, 0.2) is 0 Å². The lowest BCUT2D eigenvalue weighted by atomic mass is 10.2. The van der Waals surface area contributed by atoms with E-state index in [-0.39, 0.29) is 18.5 Å². The average molecular weight is 214 g/mol. The van der Waals surface area contributed by atoms with Gasteiger partial charge in [-0.05, 0) is 18.2 Å². The van der Waals surface area contributed by atoms with E-state index >= 15 is 0 Å². The van der Waals surface area contributed by atoms with Crippen LogP contribution in [0.3, 0.4) is 0 Å². The molecule has 0 aliphatic heterocycles. The predicted octanol–water partition coefficient (Wildman–Crippen LogP) is 0.827. The van der Waals surface area contributed by atoms with Crippen molar-refractivity contribution < 1.29 is 14.2 Å². The van der Waals surface area contributed by atoms with E-state index < -0.39 is 0 Å². The smallest absolute Gasteiger partial charge is 0.125 e. The van der Waals surface area contributed by atoms with Crippen molar-refractivity contribution in [2.24, 2.45) is 0 Å². The maximum absolute atomic E-state index is 12.9. The highest BCUT2D eigenvalue weighted by Crippen LogP contribution is 2.19. The lowest BCUT2D eigenvalue weighted by Gasteiger charge is -2.17. The minimum atomic E-state index is -0.374. The average Bonchev–Trinajstić information content (AvgIpc) is 2.22. The summed E-state index contributed by atoms with van der Waals surface area (Å²) in [4.78, 5) is 0. The number of benzene rings is 1. The Kier molecular flexibility index (Phi) is 4.33. The molecule has 0 amide bonds. The van der Waals surface area contributed by atoms with Gasteiger partial charge in [-0.3, -0.25) is 0 Å². The summed E-state index contributed by atoms with van der Waals surface area (Å²) in [5, 5.41) is 11.9. The van der Waals surface area contributed by atoms with Gasteiger partial charge >= 0.3 is 0 Å². The summed E-state index contributed by atoms with van der Waals surface area (Å²) in [6.45, 7) is 0.218. The van der Waals surface area contributed by atoms with Gasteiger partial charge in [-0.2, -0.15) is 0 Å². The highest BCUT2D eigenvalue weighted by molar-refractivity contribution is 5.66. The van der Waals surface area contributed by atoms with Gasteiger partial charge < -0.3 is 20.9 Å². The first-order valence-corrected chi connectivity index (χ1v) is 4.58. The van der Waals surface area contributed by atoms with Crippen LogP contribution in [0.25, 0.3) is 0 Å². The number of ether oxygens (including phenoxy) is 1. The Morgan fingerprint density at radius 2 is 2.33 bits per heavy atom. The van der Waals surface area contributed by atoms with Gasteiger partial charge in [-0.15, -0.1) is 0 Å². The van der Waals surface area contributed by atoms with Gasteiger partial charge in [0, 0.05) is 7.11 Å². The molecule has 0 spiro atoms. The van der Waals surface area contributed by atoms with E-state index in [1.165, 1.54) is 25.3 Å². The first-order chi connectivity index (χ1) is 7.17. The van der Waals surface area contributed by atoms with Crippen molar-refractivity contribution in [3.8, 4) is 0 Å². The van der Waals surface area contributed by atoms with E-state index in [1.807, 2.05) is 0 Å². The highest BCUT2D eigenvalue weighted by atomic mass is 19.1. The normalized spacial score (nSPS) is 12.5. The van der Waals surface area contributed by atoms with E-state index in [9.17, 15) is 4.39 Å². The molecule has 0 bridgehead atoms. The highest BCUT2D eigenvalue weighted by Gasteiger charge is 2.09. The first kappa shape index (κ1) is 11.7. The molecule has 84 valence electrons. The maximum Gasteiger partial charge on any atom is 0.125 e. The maximum atomic E-state index is 12.9. The van der Waals surface area contributed by atoms with Crippen molar-refractivity contribution in [3.63, 3.8) is 0 Å². The van der Waals surface area contributed by atoms with Gasteiger partial charge in [-0.25, -0.2) is 4.39 Å². The summed E-state index contributed by atoms with van der Waals surface area (Å²) >= 11 is 0. The number of nitrogens with one attached hydrogen (secondary N) is 1. The summed E-state index contributed by atoms with van der Waals surface area (Å²) in [5.74, 6) is -0.374. The zero-order chi connectivity index (χ0) is 11.3. The molecular formula is C10H15FN2O2. The van der Waals surface area contributed by atoms with Gasteiger partial charge in [0.05, 0.1) is 30.6 Å². The molecule has 0 aromatic heterocycles. The number of rotatable bonds is 5. The molecule has 0 saturated carbocycles. The molecule has 1 unspecified atom stereocenters. The summed E-state index contributed by atoms with van der Waals surface area (Å²) < 4.78 is 17.8. The van der Waals surface area contributed by atoms with Crippen LogP contribution in [-0.2, 0) is 4.74 Å². The third-order valence-electron chi connectivity index (χ3n) is 1.96. The number of hydrogen-bond acceptors (Lipinski definition) is 4. The molecule has 0 aliphatic carbocycles. The number of nitrogens with two attached hydrogens (primary N) is 1. The van der Waals surface area contributed by atoms with Crippen LogP contribution < -0.4 is 11.1 Å². The first-order valence-electron chi connectivity index (χ1n) is 4.58. The van der Waals surface area contributed by atoms with Crippen LogP contribution in [0, 0.1) is 5.82 Å². The van der Waals surface area contributed by atoms with Gasteiger partial charge in [0.2, 0.25) is 0 Å². The number of hydrogen-bond donors (Lipinski definition) is 3. The van der Waals surface area contributed by atoms with Gasteiger partial charge in [0.25, 0.3) is 0 Å². The van der Waals surface area contributed by atoms with Crippen LogP contribution in [0.4, 0.5) is 15.8 Å². The minimum absolute atomic E-state index is 0.107. The molecule has 15 heavy (non-hydrogen) atoms. The van der Waals surface area contributed by atoms with Crippen LogP contribution >= 0.6 is 0 Å². The fraction of sp³-hybridized carbons (Fsp3) is 0.400. The van der Waals surface area contributed by atoms with Crippen molar-refractivity contribution in [2.75, 3.05) is 31.4 Å². The number of anilines is 2. The summed E-state index contributed by atoms with van der Waals surface area (Å²) in [7, 11) is 1.53. The Hall–Kier alpha value is -1.33. The number of halogens is 1. The predicted molar refractivity (Wildman–Crippen MR) is 57.2 cm³/mol. The number of methoxy groups -OCH3 is 1. The molecule has 1 rings (SSSR count). The fourth-order valence-corrected chi connectivity index (χ4v) is 1.21. The zero-order valence-corrected chi connectivity index (χ0v) is 8.53. The Morgan fingerprint density at radius 3 is 2.93 bits per heavy atom. The van der Waals surface area contributed by atoms with Crippen molar-refractivity contribution in [3.05, 3.63) is 24.0 Å². The summed E-state index contributed by atoms with van der Waals surface area (Å²) in [6.07, 6.45) is 0. The van der Waals surface area contributed by atoms with E-state index in [2.05, 4.69) is 5.32 Å². The second-order valence-corrected chi connectivity index (χ2v) is 3.21. The molecule has 0 heterocycles. The molecule has 1 atom stereocenters. The van der Waals surface area contributed by atoms with Gasteiger partial charge in [-0.1, -0.05) is 0 Å². The number of aliphatic hydroxyl groups is 1. The topological polar surface area (TPSA) is 67.5 Å². The molecule has 1 aromatic rings. The standard InChI is InChI=1S/C10H15FN2O2/c1-15-6-8(5-14)13-10-4-7(11)2-3-9(10)12/h2-4,8,13-14H,5-6,12H2,1H3. The quantitative estimate of drug-likeness (QED) is 0.635. The Bertz CT molecular complexity index is 320. The Balaban J connectivity index is 2.73. The van der Waals surface area contributed by atoms with Crippen molar-refractivity contribution in [1.29, 1.82) is 0 Å². The van der Waals surface area contributed by atoms with E-state index in [0.29, 0.717) is 18.0 Å². The minimum Gasteiger partial charge on any atom is -0.397 e. The summed E-state index contributed by atoms with van der Waals surface area (Å²) in [6, 6.07) is 3.75. The largest absolute Gasteiger partial charge is 0.397 e. The lowest BCUT2D eigenvalue weighted by molar-refractivity contribution is 0.153. The Labute approximate surface area is 87.9 Å². The molecule has 0 radical (unpaired) electrons. The molecule has 4 N–H and O–H groups in total. The second kappa shape index (κ2) is 5.53. The van der Waals surface area contributed by atoms with Crippen molar-refractivity contribution in [1.82, 2.24) is 0 Å². The number of aliphatic hydroxyl groups excluding tert-OH is 1. The van der Waals surface area contributed by atoms with E-state index in [1.54, 1.807) is 0 Å². The van der Waals surface area contributed by atoms with E-state index in [4.69, 9.17) is 15.6 Å². The SMILES string of the molecule is COCC(CO)Nc1cc(F)ccc1N. The molecule has 1 aromatic carbocycles. The van der Waals surface area contributed by atoms with Gasteiger partial charge in [0.1, 0.15) is 5.82 Å². The fourth-order valence-electron chi connectivity index (χ4n) is 1.21.